The van der Waals surface area contributed by atoms with Gasteiger partial charge in [-0.15, -0.1) is 11.3 Å². The van der Waals surface area contributed by atoms with Gasteiger partial charge in [0, 0.05) is 29.2 Å². The second kappa shape index (κ2) is 10.2. The summed E-state index contributed by atoms with van der Waals surface area (Å²) in [6.45, 7) is 9.24. The number of aryl methyl sites for hydroxylation is 3. The largest absolute Gasteiger partial charge is 0.481 e. The maximum atomic E-state index is 11.6. The highest BCUT2D eigenvalue weighted by molar-refractivity contribution is 7.22. The van der Waals surface area contributed by atoms with Crippen LogP contribution in [-0.2, 0) is 18.3 Å². The summed E-state index contributed by atoms with van der Waals surface area (Å²) in [5.74, 6) is -0.862. The topological polar surface area (TPSA) is 88.2 Å². The summed E-state index contributed by atoms with van der Waals surface area (Å²) in [7, 11) is 1.99. The summed E-state index contributed by atoms with van der Waals surface area (Å²) in [4.78, 5) is 21.4. The van der Waals surface area contributed by atoms with Crippen LogP contribution in [0.15, 0.2) is 48.7 Å². The van der Waals surface area contributed by atoms with Crippen molar-refractivity contribution < 1.29 is 15.0 Å². The minimum atomic E-state index is -0.862. The minimum Gasteiger partial charge on any atom is -0.481 e. The lowest BCUT2D eigenvalue weighted by atomic mass is 9.93. The molecule has 0 aliphatic heterocycles. The number of fused-ring (bicyclic) bond motifs is 2. The van der Waals surface area contributed by atoms with E-state index in [-0.39, 0.29) is 6.42 Å². The van der Waals surface area contributed by atoms with Gasteiger partial charge >= 0.3 is 5.97 Å². The van der Waals surface area contributed by atoms with Crippen molar-refractivity contribution in [1.82, 2.24) is 14.5 Å². The molecule has 192 valence electrons. The lowest BCUT2D eigenvalue weighted by molar-refractivity contribution is -0.136. The van der Waals surface area contributed by atoms with Crippen molar-refractivity contribution in [1.29, 1.82) is 0 Å². The number of aliphatic hydroxyl groups is 1. The molecule has 0 saturated heterocycles. The molecule has 3 aromatic heterocycles. The molecule has 0 amide bonds. The number of halogens is 1. The predicted molar refractivity (Wildman–Crippen MR) is 153 cm³/mol. The average molecular weight is 536 g/mol. The lowest BCUT2D eigenvalue weighted by Crippen LogP contribution is -2.10. The number of aromatic nitrogens is 3. The molecule has 8 heteroatoms. The first kappa shape index (κ1) is 26.8. The molecule has 37 heavy (non-hydrogen) atoms. The van der Waals surface area contributed by atoms with Crippen LogP contribution in [0.5, 0.6) is 0 Å². The van der Waals surface area contributed by atoms with Crippen molar-refractivity contribution in [3.63, 3.8) is 0 Å². The highest BCUT2D eigenvalue weighted by atomic mass is 35.5. The van der Waals surface area contributed by atoms with Crippen molar-refractivity contribution in [2.45, 2.75) is 46.6 Å². The Morgan fingerprint density at radius 2 is 1.70 bits per heavy atom. The van der Waals surface area contributed by atoms with Crippen LogP contribution in [0.2, 0.25) is 5.02 Å². The number of benzene rings is 2. The zero-order valence-corrected chi connectivity index (χ0v) is 23.3. The highest BCUT2D eigenvalue weighted by Gasteiger charge is 2.20. The van der Waals surface area contributed by atoms with Crippen LogP contribution in [-0.4, -0.2) is 36.3 Å². The fourth-order valence-corrected chi connectivity index (χ4v) is 5.44. The molecule has 2 N–H and O–H groups in total. The fourth-order valence-electron chi connectivity index (χ4n) is 4.21. The fraction of sp³-hybridized carbons (Fsp3) is 0.276. The summed E-state index contributed by atoms with van der Waals surface area (Å²) >= 11 is 7.64. The van der Waals surface area contributed by atoms with Crippen LogP contribution in [0.25, 0.3) is 43.1 Å². The van der Waals surface area contributed by atoms with E-state index in [0.29, 0.717) is 5.02 Å². The van der Waals surface area contributed by atoms with Crippen molar-refractivity contribution in [2.24, 2.45) is 7.05 Å². The first-order chi connectivity index (χ1) is 17.3. The van der Waals surface area contributed by atoms with Crippen LogP contribution < -0.4 is 0 Å². The van der Waals surface area contributed by atoms with E-state index in [1.165, 1.54) is 16.9 Å². The Balaban J connectivity index is 0.000000586. The van der Waals surface area contributed by atoms with E-state index < -0.39 is 11.6 Å². The maximum absolute atomic E-state index is 11.6. The number of hydrogen-bond acceptors (Lipinski definition) is 5. The van der Waals surface area contributed by atoms with Crippen LogP contribution in [0, 0.1) is 13.8 Å². The van der Waals surface area contributed by atoms with E-state index in [1.54, 1.807) is 20.8 Å². The van der Waals surface area contributed by atoms with Gasteiger partial charge in [-0.2, -0.15) is 0 Å². The van der Waals surface area contributed by atoms with Gasteiger partial charge in [0.15, 0.2) is 0 Å². The van der Waals surface area contributed by atoms with Crippen LogP contribution >= 0.6 is 22.9 Å². The number of rotatable bonds is 4. The van der Waals surface area contributed by atoms with Gasteiger partial charge in [0.25, 0.3) is 0 Å². The Labute approximate surface area is 225 Å². The summed E-state index contributed by atoms with van der Waals surface area (Å²) in [5, 5.41) is 20.6. The molecule has 0 spiro atoms. The quantitative estimate of drug-likeness (QED) is 0.254. The van der Waals surface area contributed by atoms with E-state index in [0.717, 1.165) is 54.2 Å². The second-order valence-corrected chi connectivity index (χ2v) is 11.6. The van der Waals surface area contributed by atoms with Gasteiger partial charge in [0.2, 0.25) is 0 Å². The smallest absolute Gasteiger partial charge is 0.307 e. The molecule has 0 bridgehead atoms. The number of aliphatic carboxylic acids is 1. The van der Waals surface area contributed by atoms with Gasteiger partial charge in [-0.25, -0.2) is 9.97 Å². The molecule has 6 nitrogen and oxygen atoms in total. The molecule has 0 aliphatic rings. The number of pyridine rings is 1. The van der Waals surface area contributed by atoms with E-state index >= 15 is 0 Å². The zero-order valence-electron chi connectivity index (χ0n) is 21.8. The van der Waals surface area contributed by atoms with Gasteiger partial charge in [-0.05, 0) is 87.2 Å². The first-order valence-electron chi connectivity index (χ1n) is 11.9. The number of thiazole rings is 1. The molecule has 2 aromatic carbocycles. The number of nitrogens with zero attached hydrogens (tertiary/aromatic N) is 3. The predicted octanol–water partition coefficient (Wildman–Crippen LogP) is 7.19. The third-order valence-electron chi connectivity index (χ3n) is 5.71. The van der Waals surface area contributed by atoms with Gasteiger partial charge in [-0.3, -0.25) is 4.79 Å². The molecule has 0 aliphatic carbocycles. The average Bonchev–Trinajstić information content (AvgIpc) is 3.34. The molecule has 0 unspecified atom stereocenters. The standard InChI is InChI=1S/C25H20ClN3O2S.C4H10O/c1-13-10-20-23(22(18(13)11-21(30)31)15-4-6-16(26)7-5-15)32-25(28-20)19-9-8-17-14(2)12-29(3)24(17)27-19;1-4(2,3)5/h4-10,12H,11H2,1-3H3,(H,30,31);5H,1-3H3. The third kappa shape index (κ3) is 6.01. The van der Waals surface area contributed by atoms with Crippen LogP contribution in [0.4, 0.5) is 0 Å². The number of hydrogen-bond donors (Lipinski definition) is 2. The number of carboxylic acids is 1. The van der Waals surface area contributed by atoms with Gasteiger partial charge in [-0.1, -0.05) is 23.7 Å². The Morgan fingerprint density at radius 3 is 2.32 bits per heavy atom. The lowest BCUT2D eigenvalue weighted by Gasteiger charge is -2.13. The van der Waals surface area contributed by atoms with E-state index in [1.807, 2.05) is 54.9 Å². The van der Waals surface area contributed by atoms with Crippen molar-refractivity contribution in [2.75, 3.05) is 0 Å². The Bertz CT molecular complexity index is 1610. The molecule has 0 atom stereocenters. The highest BCUT2D eigenvalue weighted by Crippen LogP contribution is 2.41. The molecule has 5 rings (SSSR count). The number of carboxylic acid groups (broad SMARTS) is 1. The SMILES string of the molecule is CC(C)(C)O.Cc1cc2nc(-c3ccc4c(C)cn(C)c4n3)sc2c(-c2ccc(Cl)cc2)c1CC(=O)O. The zero-order chi connectivity index (χ0) is 27.1. The van der Waals surface area contributed by atoms with E-state index in [9.17, 15) is 9.90 Å². The normalized spacial score (nSPS) is 11.6. The van der Waals surface area contributed by atoms with Gasteiger partial charge in [0.1, 0.15) is 16.3 Å². The Kier molecular flexibility index (Phi) is 7.42. The van der Waals surface area contributed by atoms with Gasteiger partial charge < -0.3 is 14.8 Å². The summed E-state index contributed by atoms with van der Waals surface area (Å²) in [6, 6.07) is 13.6. The molecule has 0 fully saturated rings. The van der Waals surface area contributed by atoms with E-state index in [4.69, 9.17) is 26.7 Å². The summed E-state index contributed by atoms with van der Waals surface area (Å²) < 4.78 is 2.98. The Morgan fingerprint density at radius 1 is 1.05 bits per heavy atom. The van der Waals surface area contributed by atoms with Crippen LogP contribution in [0.1, 0.15) is 37.5 Å². The first-order valence-corrected chi connectivity index (χ1v) is 13.1. The van der Waals surface area contributed by atoms with Gasteiger partial charge in [0.05, 0.1) is 22.2 Å². The van der Waals surface area contributed by atoms with Crippen molar-refractivity contribution in [3.05, 3.63) is 70.4 Å². The van der Waals surface area contributed by atoms with E-state index in [2.05, 4.69) is 19.2 Å². The molecule has 0 saturated carbocycles. The molecular formula is C29H30ClN3O3S. The van der Waals surface area contributed by atoms with Crippen molar-refractivity contribution >= 4 is 50.2 Å². The Hall–Kier alpha value is -3.26. The third-order valence-corrected chi connectivity index (χ3v) is 7.08. The maximum Gasteiger partial charge on any atom is 0.307 e. The molecule has 0 radical (unpaired) electrons. The van der Waals surface area contributed by atoms with Crippen LogP contribution in [0.3, 0.4) is 0 Å². The molecule has 3 heterocycles. The second-order valence-electron chi connectivity index (χ2n) is 10.2. The summed E-state index contributed by atoms with van der Waals surface area (Å²) in [6.07, 6.45) is 2.01. The minimum absolute atomic E-state index is 0.0558. The van der Waals surface area contributed by atoms with Crippen molar-refractivity contribution in [3.8, 4) is 21.8 Å². The summed E-state index contributed by atoms with van der Waals surface area (Å²) in [5.41, 5.74) is 6.78. The monoisotopic (exact) mass is 535 g/mol. The molecule has 5 aromatic rings. The molecular weight excluding hydrogens is 506 g/mol. The number of carbonyl (C=O) groups is 1.